The van der Waals surface area contributed by atoms with Crippen molar-refractivity contribution in [3.05, 3.63) is 54.1 Å². The number of para-hydroxylation sites is 3. The Bertz CT molecular complexity index is 729. The molecule has 0 N–H and O–H groups in total. The van der Waals surface area contributed by atoms with Gasteiger partial charge >= 0.3 is 0 Å². The van der Waals surface area contributed by atoms with E-state index in [0.717, 1.165) is 0 Å². The number of likely N-dealkylation sites (N-methyl/N-ethyl adjacent to an activating group) is 3. The Hall–Kier alpha value is -2.16. The summed E-state index contributed by atoms with van der Waals surface area (Å²) in [7, 11) is 6.97. The number of benzene rings is 2. The zero-order chi connectivity index (χ0) is 18.1. The standard InChI is InChI=1S/C23H29N3/c1-17-18-11-5-6-12-19(18)24(2)22(17)15-9-10-16-23(22)25(3)20-13-7-8-14-21(20)26(23)4/h5-8,11-14,17H,9-10,15-16H2,1-4H3. The van der Waals surface area contributed by atoms with Crippen LogP contribution >= 0.6 is 0 Å². The minimum atomic E-state index is -0.0118. The van der Waals surface area contributed by atoms with Gasteiger partial charge in [0.2, 0.25) is 0 Å². The maximum Gasteiger partial charge on any atom is 0.137 e. The van der Waals surface area contributed by atoms with E-state index >= 15 is 0 Å². The average molecular weight is 348 g/mol. The summed E-state index contributed by atoms with van der Waals surface area (Å²) < 4.78 is 0. The molecule has 3 nitrogen and oxygen atoms in total. The molecular formula is C23H29N3. The molecule has 2 atom stereocenters. The van der Waals surface area contributed by atoms with Crippen LogP contribution in [0.25, 0.3) is 0 Å². The lowest BCUT2D eigenvalue weighted by molar-refractivity contribution is 0.128. The Morgan fingerprint density at radius 3 is 1.88 bits per heavy atom. The highest BCUT2D eigenvalue weighted by Gasteiger charge is 2.67. The molecular weight excluding hydrogens is 318 g/mol. The lowest BCUT2D eigenvalue weighted by Gasteiger charge is -2.61. The summed E-state index contributed by atoms with van der Waals surface area (Å²) in [5, 5.41) is 0. The minimum Gasteiger partial charge on any atom is -0.364 e. The summed E-state index contributed by atoms with van der Waals surface area (Å²) >= 11 is 0. The number of fused-ring (bicyclic) bond motifs is 3. The largest absolute Gasteiger partial charge is 0.364 e. The first-order valence-electron chi connectivity index (χ1n) is 9.95. The third kappa shape index (κ3) is 1.57. The van der Waals surface area contributed by atoms with E-state index in [4.69, 9.17) is 0 Å². The van der Waals surface area contributed by atoms with Gasteiger partial charge < -0.3 is 14.7 Å². The van der Waals surface area contributed by atoms with Crippen LogP contribution in [0.2, 0.25) is 0 Å². The summed E-state index contributed by atoms with van der Waals surface area (Å²) in [6.07, 6.45) is 5.04. The number of anilines is 3. The molecule has 3 heteroatoms. The molecule has 2 heterocycles. The number of hydrogen-bond acceptors (Lipinski definition) is 3. The van der Waals surface area contributed by atoms with Crippen molar-refractivity contribution in [2.45, 2.75) is 49.7 Å². The minimum absolute atomic E-state index is 0.0118. The van der Waals surface area contributed by atoms with E-state index in [1.807, 2.05) is 0 Å². The molecule has 1 aliphatic carbocycles. The fourth-order valence-corrected chi connectivity index (χ4v) is 6.68. The molecule has 136 valence electrons. The van der Waals surface area contributed by atoms with E-state index in [1.54, 1.807) is 0 Å². The molecule has 2 spiro atoms. The summed E-state index contributed by atoms with van der Waals surface area (Å²) in [6.45, 7) is 2.46. The monoisotopic (exact) mass is 347 g/mol. The third-order valence-corrected chi connectivity index (χ3v) is 7.82. The van der Waals surface area contributed by atoms with Gasteiger partial charge in [0.15, 0.2) is 0 Å². The highest BCUT2D eigenvalue weighted by Crippen LogP contribution is 2.63. The van der Waals surface area contributed by atoms with Crippen LogP contribution in [0.3, 0.4) is 0 Å². The van der Waals surface area contributed by atoms with Crippen molar-refractivity contribution >= 4 is 17.1 Å². The second kappa shape index (κ2) is 5.18. The van der Waals surface area contributed by atoms with Gasteiger partial charge in [-0.3, -0.25) is 0 Å². The van der Waals surface area contributed by atoms with E-state index in [1.165, 1.54) is 48.3 Å². The summed E-state index contributed by atoms with van der Waals surface area (Å²) in [5.41, 5.74) is 5.73. The van der Waals surface area contributed by atoms with Gasteiger partial charge in [0.1, 0.15) is 5.66 Å². The molecule has 2 aromatic carbocycles. The van der Waals surface area contributed by atoms with Crippen LogP contribution < -0.4 is 14.7 Å². The zero-order valence-corrected chi connectivity index (χ0v) is 16.4. The molecule has 2 aliphatic heterocycles. The molecule has 0 bridgehead atoms. The second-order valence-corrected chi connectivity index (χ2v) is 8.39. The fourth-order valence-electron chi connectivity index (χ4n) is 6.68. The number of rotatable bonds is 0. The Morgan fingerprint density at radius 2 is 1.27 bits per heavy atom. The highest BCUT2D eigenvalue weighted by molar-refractivity contribution is 5.82. The van der Waals surface area contributed by atoms with Gasteiger partial charge in [-0.1, -0.05) is 43.7 Å². The molecule has 0 amide bonds. The van der Waals surface area contributed by atoms with Crippen molar-refractivity contribution in [3.63, 3.8) is 0 Å². The van der Waals surface area contributed by atoms with Gasteiger partial charge in [0, 0.05) is 32.7 Å². The number of nitrogens with zero attached hydrogens (tertiary/aromatic N) is 3. The van der Waals surface area contributed by atoms with Crippen LogP contribution in [0.5, 0.6) is 0 Å². The molecule has 0 aromatic heterocycles. The van der Waals surface area contributed by atoms with Crippen LogP contribution in [0.4, 0.5) is 17.1 Å². The quantitative estimate of drug-likeness (QED) is 0.675. The predicted molar refractivity (Wildman–Crippen MR) is 110 cm³/mol. The number of hydrogen-bond donors (Lipinski definition) is 0. The lowest BCUT2D eigenvalue weighted by Crippen LogP contribution is -2.76. The van der Waals surface area contributed by atoms with Crippen molar-refractivity contribution in [2.24, 2.45) is 0 Å². The van der Waals surface area contributed by atoms with Crippen molar-refractivity contribution in [2.75, 3.05) is 35.8 Å². The van der Waals surface area contributed by atoms with Gasteiger partial charge in [-0.15, -0.1) is 0 Å². The first-order valence-corrected chi connectivity index (χ1v) is 9.95. The molecule has 2 aromatic rings. The molecule has 1 saturated carbocycles. The maximum absolute atomic E-state index is 2.63. The summed E-state index contributed by atoms with van der Waals surface area (Å²) in [5.74, 6) is 0.503. The molecule has 0 saturated heterocycles. The van der Waals surface area contributed by atoms with Crippen LogP contribution in [-0.2, 0) is 0 Å². The average Bonchev–Trinajstić information content (AvgIpc) is 3.03. The van der Waals surface area contributed by atoms with Gasteiger partial charge in [-0.05, 0) is 43.0 Å². The van der Waals surface area contributed by atoms with Crippen molar-refractivity contribution in [1.82, 2.24) is 0 Å². The van der Waals surface area contributed by atoms with Crippen LogP contribution in [0, 0.1) is 0 Å². The molecule has 5 rings (SSSR count). The van der Waals surface area contributed by atoms with Crippen LogP contribution in [0.1, 0.15) is 44.1 Å². The van der Waals surface area contributed by atoms with E-state index in [-0.39, 0.29) is 11.2 Å². The smallest absolute Gasteiger partial charge is 0.137 e. The Balaban J connectivity index is 1.75. The topological polar surface area (TPSA) is 9.72 Å². The van der Waals surface area contributed by atoms with Crippen LogP contribution in [-0.4, -0.2) is 32.3 Å². The van der Waals surface area contributed by atoms with Gasteiger partial charge in [-0.2, -0.15) is 0 Å². The summed E-state index contributed by atoms with van der Waals surface area (Å²) in [4.78, 5) is 7.83. The lowest BCUT2D eigenvalue weighted by atomic mass is 9.64. The van der Waals surface area contributed by atoms with E-state index in [2.05, 4.69) is 91.3 Å². The van der Waals surface area contributed by atoms with E-state index in [0.29, 0.717) is 5.92 Å². The Labute approximate surface area is 157 Å². The normalized spacial score (nSPS) is 28.8. The second-order valence-electron chi connectivity index (χ2n) is 8.39. The first-order chi connectivity index (χ1) is 12.6. The third-order valence-electron chi connectivity index (χ3n) is 7.82. The van der Waals surface area contributed by atoms with Crippen LogP contribution in [0.15, 0.2) is 48.5 Å². The fraction of sp³-hybridized carbons (Fsp3) is 0.478. The van der Waals surface area contributed by atoms with E-state index in [9.17, 15) is 0 Å². The molecule has 2 unspecified atom stereocenters. The predicted octanol–water partition coefficient (Wildman–Crippen LogP) is 4.84. The van der Waals surface area contributed by atoms with Crippen molar-refractivity contribution < 1.29 is 0 Å². The van der Waals surface area contributed by atoms with Crippen molar-refractivity contribution in [1.29, 1.82) is 0 Å². The van der Waals surface area contributed by atoms with Gasteiger partial charge in [-0.25, -0.2) is 0 Å². The van der Waals surface area contributed by atoms with Gasteiger partial charge in [0.25, 0.3) is 0 Å². The first kappa shape index (κ1) is 16.0. The van der Waals surface area contributed by atoms with E-state index < -0.39 is 0 Å². The highest BCUT2D eigenvalue weighted by atomic mass is 15.5. The zero-order valence-electron chi connectivity index (χ0n) is 16.4. The molecule has 26 heavy (non-hydrogen) atoms. The Morgan fingerprint density at radius 1 is 0.731 bits per heavy atom. The van der Waals surface area contributed by atoms with Gasteiger partial charge in [0.05, 0.1) is 16.9 Å². The van der Waals surface area contributed by atoms with Crippen molar-refractivity contribution in [3.8, 4) is 0 Å². The SMILES string of the molecule is CC1c2ccccc2N(C)C12CCCCC21N(C)c2ccccc2N1C. The summed E-state index contributed by atoms with van der Waals surface area (Å²) in [6, 6.07) is 18.0. The molecule has 1 fully saturated rings. The molecule has 3 aliphatic rings. The Kier molecular flexibility index (Phi) is 3.20. The molecule has 0 radical (unpaired) electrons. The maximum atomic E-state index is 2.63.